The second-order valence-electron chi connectivity index (χ2n) is 9.56. The standard InChI is InChI=1S/C32H29BrClN3O3S/c1-4-36(5-2)31(39)28-20(3)35-32-37(29(28)22-12-16-25(34)17-13-22)30(38)27(41-32)18-23-8-6-7-9-26(23)40-19-21-10-14-24(33)15-11-21/h6-18,29H,4-5,19H2,1-3H3/b27-18+/t29-/m0/s1. The van der Waals surface area contributed by atoms with E-state index in [0.29, 0.717) is 51.1 Å². The lowest BCUT2D eigenvalue weighted by atomic mass is 9.94. The Morgan fingerprint density at radius 2 is 1.76 bits per heavy atom. The van der Waals surface area contributed by atoms with Gasteiger partial charge in [-0.05, 0) is 68.3 Å². The van der Waals surface area contributed by atoms with Crippen molar-refractivity contribution < 1.29 is 9.53 Å². The first-order valence-electron chi connectivity index (χ1n) is 13.3. The Hall–Kier alpha value is -3.46. The zero-order valence-electron chi connectivity index (χ0n) is 22.9. The predicted octanol–water partition coefficient (Wildman–Crippen LogP) is 6.10. The van der Waals surface area contributed by atoms with Gasteiger partial charge < -0.3 is 9.64 Å². The van der Waals surface area contributed by atoms with Crippen LogP contribution in [0, 0.1) is 0 Å². The van der Waals surface area contributed by atoms with Crippen LogP contribution in [0.2, 0.25) is 5.02 Å². The molecule has 1 amide bonds. The minimum atomic E-state index is -0.623. The van der Waals surface area contributed by atoms with Crippen molar-refractivity contribution in [1.82, 2.24) is 9.47 Å². The SMILES string of the molecule is CCN(CC)C(=O)C1=C(C)N=c2s/c(=C/c3ccccc3OCc3ccc(Br)cc3)c(=O)n2[C@H]1c1ccc(Cl)cc1. The lowest BCUT2D eigenvalue weighted by Crippen LogP contribution is -2.43. The highest BCUT2D eigenvalue weighted by atomic mass is 79.9. The monoisotopic (exact) mass is 649 g/mol. The molecule has 6 nitrogen and oxygen atoms in total. The summed E-state index contributed by atoms with van der Waals surface area (Å²) in [5, 5.41) is 0.582. The molecule has 0 aliphatic carbocycles. The van der Waals surface area contributed by atoms with Crippen molar-refractivity contribution in [3.63, 3.8) is 0 Å². The minimum Gasteiger partial charge on any atom is -0.488 e. The zero-order chi connectivity index (χ0) is 29.1. The van der Waals surface area contributed by atoms with Crippen LogP contribution in [0.5, 0.6) is 5.75 Å². The highest BCUT2D eigenvalue weighted by Crippen LogP contribution is 2.32. The molecule has 0 saturated carbocycles. The molecular weight excluding hydrogens is 622 g/mol. The quantitative estimate of drug-likeness (QED) is 0.232. The van der Waals surface area contributed by atoms with Crippen molar-refractivity contribution in [3.8, 4) is 5.75 Å². The lowest BCUT2D eigenvalue weighted by Gasteiger charge is -2.29. The van der Waals surface area contributed by atoms with Crippen LogP contribution < -0.4 is 19.6 Å². The number of ether oxygens (including phenoxy) is 1. The highest BCUT2D eigenvalue weighted by molar-refractivity contribution is 9.10. The first-order chi connectivity index (χ1) is 19.8. The molecule has 0 radical (unpaired) electrons. The summed E-state index contributed by atoms with van der Waals surface area (Å²) in [7, 11) is 0. The summed E-state index contributed by atoms with van der Waals surface area (Å²) in [4.78, 5) is 34.8. The summed E-state index contributed by atoms with van der Waals surface area (Å²) in [5.41, 5.74) is 3.50. The Bertz CT molecular complexity index is 1790. The number of carbonyl (C=O) groups excluding carboxylic acids is 1. The molecule has 9 heteroatoms. The number of benzene rings is 3. The van der Waals surface area contributed by atoms with Gasteiger partial charge in [-0.3, -0.25) is 14.2 Å². The number of carbonyl (C=O) groups is 1. The summed E-state index contributed by atoms with van der Waals surface area (Å²) in [6, 6.07) is 22.3. The number of amides is 1. The van der Waals surface area contributed by atoms with Gasteiger partial charge in [-0.1, -0.05) is 81.3 Å². The van der Waals surface area contributed by atoms with E-state index < -0.39 is 6.04 Å². The zero-order valence-corrected chi connectivity index (χ0v) is 26.1. The molecule has 0 N–H and O–H groups in total. The van der Waals surface area contributed by atoms with Crippen LogP contribution in [0.1, 0.15) is 43.5 Å². The fourth-order valence-electron chi connectivity index (χ4n) is 4.85. The summed E-state index contributed by atoms with van der Waals surface area (Å²) in [6.45, 7) is 7.23. The average Bonchev–Trinajstić information content (AvgIpc) is 3.27. The van der Waals surface area contributed by atoms with Crippen LogP contribution in [-0.4, -0.2) is 28.5 Å². The van der Waals surface area contributed by atoms with Crippen molar-refractivity contribution in [2.45, 2.75) is 33.4 Å². The molecule has 2 heterocycles. The van der Waals surface area contributed by atoms with Crippen LogP contribution in [-0.2, 0) is 11.4 Å². The van der Waals surface area contributed by atoms with Gasteiger partial charge in [0.25, 0.3) is 11.5 Å². The fourth-order valence-corrected chi connectivity index (χ4v) is 6.28. The molecule has 1 aromatic heterocycles. The number of thiazole rings is 1. The van der Waals surface area contributed by atoms with Crippen molar-refractivity contribution in [2.75, 3.05) is 13.1 Å². The topological polar surface area (TPSA) is 63.9 Å². The fraction of sp³-hybridized carbons (Fsp3) is 0.219. The number of para-hydroxylation sites is 1. The first-order valence-corrected chi connectivity index (χ1v) is 15.3. The van der Waals surface area contributed by atoms with Gasteiger partial charge in [-0.2, -0.15) is 0 Å². The minimum absolute atomic E-state index is 0.128. The summed E-state index contributed by atoms with van der Waals surface area (Å²) < 4.78 is 9.30. The van der Waals surface area contributed by atoms with Gasteiger partial charge in [0.15, 0.2) is 4.80 Å². The third-order valence-electron chi connectivity index (χ3n) is 7.00. The van der Waals surface area contributed by atoms with E-state index in [0.717, 1.165) is 21.2 Å². The van der Waals surface area contributed by atoms with E-state index in [9.17, 15) is 9.59 Å². The number of rotatable bonds is 8. The van der Waals surface area contributed by atoms with Gasteiger partial charge in [0.1, 0.15) is 12.4 Å². The molecule has 210 valence electrons. The van der Waals surface area contributed by atoms with E-state index in [1.807, 2.05) is 87.5 Å². The van der Waals surface area contributed by atoms with E-state index in [-0.39, 0.29) is 11.5 Å². The molecule has 0 fully saturated rings. The van der Waals surface area contributed by atoms with Crippen molar-refractivity contribution in [2.24, 2.45) is 4.99 Å². The summed E-state index contributed by atoms with van der Waals surface area (Å²) in [6.07, 6.45) is 1.84. The molecule has 1 aliphatic heterocycles. The molecule has 41 heavy (non-hydrogen) atoms. The van der Waals surface area contributed by atoms with Gasteiger partial charge in [-0.15, -0.1) is 0 Å². The van der Waals surface area contributed by atoms with E-state index in [4.69, 9.17) is 21.3 Å². The molecule has 5 rings (SSSR count). The van der Waals surface area contributed by atoms with Gasteiger partial charge in [-0.25, -0.2) is 4.99 Å². The number of halogens is 2. The molecule has 0 unspecified atom stereocenters. The maximum absolute atomic E-state index is 14.0. The van der Waals surface area contributed by atoms with Crippen molar-refractivity contribution in [1.29, 1.82) is 0 Å². The Morgan fingerprint density at radius 1 is 1.07 bits per heavy atom. The number of nitrogens with zero attached hydrogens (tertiary/aromatic N) is 3. The average molecular weight is 651 g/mol. The van der Waals surface area contributed by atoms with E-state index >= 15 is 0 Å². The Kier molecular flexibility index (Phi) is 8.92. The smallest absolute Gasteiger partial charge is 0.271 e. The lowest BCUT2D eigenvalue weighted by molar-refractivity contribution is -0.127. The van der Waals surface area contributed by atoms with Crippen LogP contribution in [0.15, 0.2) is 98.3 Å². The maximum atomic E-state index is 14.0. The number of likely N-dealkylation sites (N-methyl/N-ethyl adjacent to an activating group) is 1. The van der Waals surface area contributed by atoms with Gasteiger partial charge in [0, 0.05) is 28.1 Å². The van der Waals surface area contributed by atoms with Crippen molar-refractivity contribution >= 4 is 50.9 Å². The third kappa shape index (κ3) is 6.10. The highest BCUT2D eigenvalue weighted by Gasteiger charge is 2.34. The third-order valence-corrected chi connectivity index (χ3v) is 8.77. The Morgan fingerprint density at radius 3 is 2.44 bits per heavy atom. The normalized spacial score (nSPS) is 15.0. The molecule has 0 saturated heterocycles. The second kappa shape index (κ2) is 12.6. The van der Waals surface area contributed by atoms with Gasteiger partial charge in [0.2, 0.25) is 0 Å². The second-order valence-corrected chi connectivity index (χ2v) is 11.9. The number of aromatic nitrogens is 1. The van der Waals surface area contributed by atoms with Crippen molar-refractivity contribution in [3.05, 3.63) is 130 Å². The Balaban J connectivity index is 1.60. The molecule has 0 spiro atoms. The van der Waals surface area contributed by atoms with Crippen LogP contribution in [0.4, 0.5) is 0 Å². The van der Waals surface area contributed by atoms with Crippen LogP contribution >= 0.6 is 38.9 Å². The van der Waals surface area contributed by atoms with E-state index in [2.05, 4.69) is 15.9 Å². The number of fused-ring (bicyclic) bond motifs is 1. The number of hydrogen-bond acceptors (Lipinski definition) is 5. The summed E-state index contributed by atoms with van der Waals surface area (Å²) in [5.74, 6) is 0.543. The number of allylic oxidation sites excluding steroid dienone is 1. The number of hydrogen-bond donors (Lipinski definition) is 0. The molecular formula is C32H29BrClN3O3S. The molecule has 3 aromatic carbocycles. The summed E-state index contributed by atoms with van der Waals surface area (Å²) >= 11 is 11.0. The molecule has 0 bridgehead atoms. The maximum Gasteiger partial charge on any atom is 0.271 e. The van der Waals surface area contributed by atoms with Crippen LogP contribution in [0.3, 0.4) is 0 Å². The molecule has 1 aliphatic rings. The van der Waals surface area contributed by atoms with Crippen LogP contribution in [0.25, 0.3) is 6.08 Å². The van der Waals surface area contributed by atoms with Gasteiger partial charge >= 0.3 is 0 Å². The van der Waals surface area contributed by atoms with E-state index in [1.54, 1.807) is 21.6 Å². The van der Waals surface area contributed by atoms with E-state index in [1.165, 1.54) is 11.3 Å². The molecule has 1 atom stereocenters. The molecule has 4 aromatic rings. The Labute approximate surface area is 256 Å². The first kappa shape index (κ1) is 29.0. The largest absolute Gasteiger partial charge is 0.488 e. The van der Waals surface area contributed by atoms with Gasteiger partial charge in [0.05, 0.1) is 21.8 Å². The predicted molar refractivity (Wildman–Crippen MR) is 168 cm³/mol.